The summed E-state index contributed by atoms with van der Waals surface area (Å²) in [5.74, 6) is 2.60. The predicted octanol–water partition coefficient (Wildman–Crippen LogP) is 2.74. The van der Waals surface area contributed by atoms with Gasteiger partial charge in [0.15, 0.2) is 0 Å². The summed E-state index contributed by atoms with van der Waals surface area (Å²) in [5.41, 5.74) is 6.19. The fourth-order valence-corrected chi connectivity index (χ4v) is 4.66. The molecular weight excluding hydrogens is 198 g/mol. The Kier molecular flexibility index (Phi) is 5.60. The van der Waals surface area contributed by atoms with E-state index in [1.807, 2.05) is 0 Å². The molecule has 1 saturated heterocycles. The van der Waals surface area contributed by atoms with Crippen LogP contribution in [0.5, 0.6) is 0 Å². The van der Waals surface area contributed by atoms with E-state index >= 15 is 0 Å². The van der Waals surface area contributed by atoms with Crippen molar-refractivity contribution < 1.29 is 0 Å². The fraction of sp³-hybridized carbons (Fsp3) is 1.00. The Morgan fingerprint density at radius 3 is 2.69 bits per heavy atom. The van der Waals surface area contributed by atoms with E-state index in [2.05, 4.69) is 37.4 Å². The SMILES string of the molecule is CCCCC(N)C1SCCSC1C. The smallest absolute Gasteiger partial charge is 0.0315 e. The largest absolute Gasteiger partial charge is 0.327 e. The Labute approximate surface area is 90.6 Å². The summed E-state index contributed by atoms with van der Waals surface area (Å²) in [6.07, 6.45) is 3.77. The zero-order valence-electron chi connectivity index (χ0n) is 8.66. The number of unbranched alkanes of at least 4 members (excludes halogenated alkanes) is 1. The molecule has 1 heterocycles. The Balaban J connectivity index is 2.30. The molecule has 0 radical (unpaired) electrons. The van der Waals surface area contributed by atoms with Gasteiger partial charge in [-0.3, -0.25) is 0 Å². The van der Waals surface area contributed by atoms with Gasteiger partial charge in [-0.05, 0) is 6.42 Å². The molecule has 78 valence electrons. The summed E-state index contributed by atoms with van der Waals surface area (Å²) in [5, 5.41) is 1.45. The number of rotatable bonds is 4. The zero-order chi connectivity index (χ0) is 9.68. The van der Waals surface area contributed by atoms with E-state index in [-0.39, 0.29) is 0 Å². The highest BCUT2D eigenvalue weighted by Gasteiger charge is 2.27. The minimum atomic E-state index is 0.424. The lowest BCUT2D eigenvalue weighted by molar-refractivity contribution is 0.550. The minimum absolute atomic E-state index is 0.424. The van der Waals surface area contributed by atoms with Crippen LogP contribution in [0.3, 0.4) is 0 Å². The first-order valence-corrected chi connectivity index (χ1v) is 7.34. The van der Waals surface area contributed by atoms with Gasteiger partial charge in [-0.25, -0.2) is 0 Å². The molecule has 3 heteroatoms. The van der Waals surface area contributed by atoms with Crippen molar-refractivity contribution in [2.24, 2.45) is 5.73 Å². The summed E-state index contributed by atoms with van der Waals surface area (Å²) >= 11 is 4.17. The van der Waals surface area contributed by atoms with Crippen LogP contribution in [0, 0.1) is 0 Å². The van der Waals surface area contributed by atoms with Crippen LogP contribution in [-0.4, -0.2) is 28.0 Å². The molecule has 0 saturated carbocycles. The van der Waals surface area contributed by atoms with Crippen molar-refractivity contribution in [3.63, 3.8) is 0 Å². The maximum Gasteiger partial charge on any atom is 0.0315 e. The van der Waals surface area contributed by atoms with E-state index in [9.17, 15) is 0 Å². The lowest BCUT2D eigenvalue weighted by atomic mass is 10.1. The first-order valence-electron chi connectivity index (χ1n) is 5.24. The van der Waals surface area contributed by atoms with E-state index in [0.29, 0.717) is 11.3 Å². The number of hydrogen-bond acceptors (Lipinski definition) is 3. The highest BCUT2D eigenvalue weighted by molar-refractivity contribution is 8.07. The second-order valence-electron chi connectivity index (χ2n) is 3.72. The first-order chi connectivity index (χ1) is 6.25. The van der Waals surface area contributed by atoms with Crippen LogP contribution in [0.25, 0.3) is 0 Å². The summed E-state index contributed by atoms with van der Waals surface area (Å²) in [4.78, 5) is 0. The molecule has 0 aromatic carbocycles. The second kappa shape index (κ2) is 6.20. The Morgan fingerprint density at radius 2 is 2.08 bits per heavy atom. The summed E-state index contributed by atoms with van der Waals surface area (Å²) < 4.78 is 0. The Bertz CT molecular complexity index is 141. The molecule has 1 rings (SSSR count). The van der Waals surface area contributed by atoms with Crippen molar-refractivity contribution >= 4 is 23.5 Å². The molecule has 0 amide bonds. The summed E-state index contributed by atoms with van der Waals surface area (Å²) in [6.45, 7) is 4.56. The first kappa shape index (κ1) is 11.7. The summed E-state index contributed by atoms with van der Waals surface area (Å²) in [7, 11) is 0. The van der Waals surface area contributed by atoms with Crippen molar-refractivity contribution in [1.29, 1.82) is 0 Å². The molecule has 0 aliphatic carbocycles. The average molecular weight is 219 g/mol. The van der Waals surface area contributed by atoms with E-state index in [4.69, 9.17) is 5.73 Å². The second-order valence-corrected chi connectivity index (χ2v) is 6.49. The molecule has 0 aromatic heterocycles. The van der Waals surface area contributed by atoms with E-state index in [1.54, 1.807) is 0 Å². The van der Waals surface area contributed by atoms with Crippen LogP contribution in [0.4, 0.5) is 0 Å². The lowest BCUT2D eigenvalue weighted by Gasteiger charge is -2.32. The van der Waals surface area contributed by atoms with Crippen molar-refractivity contribution in [3.05, 3.63) is 0 Å². The van der Waals surface area contributed by atoms with Crippen LogP contribution < -0.4 is 5.73 Å². The van der Waals surface area contributed by atoms with Gasteiger partial charge in [-0.15, -0.1) is 0 Å². The quantitative estimate of drug-likeness (QED) is 0.787. The van der Waals surface area contributed by atoms with Crippen molar-refractivity contribution in [3.8, 4) is 0 Å². The maximum absolute atomic E-state index is 6.19. The molecule has 1 aliphatic rings. The normalized spacial score (nSPS) is 31.6. The molecule has 1 nitrogen and oxygen atoms in total. The molecular formula is C10H21NS2. The number of thioether (sulfide) groups is 2. The molecule has 0 aromatic rings. The highest BCUT2D eigenvalue weighted by Crippen LogP contribution is 2.33. The van der Waals surface area contributed by atoms with Gasteiger partial charge in [0, 0.05) is 28.0 Å². The fourth-order valence-electron chi connectivity index (χ4n) is 1.72. The van der Waals surface area contributed by atoms with Gasteiger partial charge in [0.25, 0.3) is 0 Å². The molecule has 2 N–H and O–H groups in total. The maximum atomic E-state index is 6.19. The van der Waals surface area contributed by atoms with Gasteiger partial charge in [0.1, 0.15) is 0 Å². The van der Waals surface area contributed by atoms with Crippen LogP contribution >= 0.6 is 23.5 Å². The molecule has 0 spiro atoms. The monoisotopic (exact) mass is 219 g/mol. The van der Waals surface area contributed by atoms with Crippen molar-refractivity contribution in [2.75, 3.05) is 11.5 Å². The molecule has 1 fully saturated rings. The van der Waals surface area contributed by atoms with Gasteiger partial charge in [0.2, 0.25) is 0 Å². The third kappa shape index (κ3) is 3.72. The van der Waals surface area contributed by atoms with Gasteiger partial charge >= 0.3 is 0 Å². The topological polar surface area (TPSA) is 26.0 Å². The van der Waals surface area contributed by atoms with E-state index in [0.717, 1.165) is 5.25 Å². The van der Waals surface area contributed by atoms with E-state index < -0.39 is 0 Å². The molecule has 3 unspecified atom stereocenters. The van der Waals surface area contributed by atoms with Crippen LogP contribution in [0.15, 0.2) is 0 Å². The molecule has 1 aliphatic heterocycles. The average Bonchev–Trinajstić information content (AvgIpc) is 2.15. The van der Waals surface area contributed by atoms with Crippen LogP contribution in [0.2, 0.25) is 0 Å². The predicted molar refractivity (Wildman–Crippen MR) is 65.7 cm³/mol. The number of nitrogens with two attached hydrogens (primary N) is 1. The van der Waals surface area contributed by atoms with Crippen LogP contribution in [-0.2, 0) is 0 Å². The molecule has 0 bridgehead atoms. The lowest BCUT2D eigenvalue weighted by Crippen LogP contribution is -2.40. The van der Waals surface area contributed by atoms with Gasteiger partial charge < -0.3 is 5.73 Å². The summed E-state index contributed by atoms with van der Waals surface area (Å²) in [6, 6.07) is 0.424. The molecule has 3 atom stereocenters. The number of hydrogen-bond donors (Lipinski definition) is 1. The standard InChI is InChI=1S/C10H21NS2/c1-3-4-5-9(11)10-8(2)12-6-7-13-10/h8-10H,3-7,11H2,1-2H3. The zero-order valence-corrected chi connectivity index (χ0v) is 10.3. The van der Waals surface area contributed by atoms with Crippen molar-refractivity contribution in [1.82, 2.24) is 0 Å². The third-order valence-corrected chi connectivity index (χ3v) is 5.82. The Hall–Kier alpha value is 0.660. The van der Waals surface area contributed by atoms with Crippen molar-refractivity contribution in [2.45, 2.75) is 49.7 Å². The van der Waals surface area contributed by atoms with Crippen LogP contribution in [0.1, 0.15) is 33.1 Å². The Morgan fingerprint density at radius 1 is 1.38 bits per heavy atom. The van der Waals surface area contributed by atoms with Gasteiger partial charge in [-0.2, -0.15) is 23.5 Å². The minimum Gasteiger partial charge on any atom is -0.327 e. The third-order valence-electron chi connectivity index (χ3n) is 2.55. The van der Waals surface area contributed by atoms with Gasteiger partial charge in [-0.1, -0.05) is 26.7 Å². The highest BCUT2D eigenvalue weighted by atomic mass is 32.2. The van der Waals surface area contributed by atoms with Gasteiger partial charge in [0.05, 0.1) is 0 Å². The van der Waals surface area contributed by atoms with E-state index in [1.165, 1.54) is 30.8 Å². The molecule has 13 heavy (non-hydrogen) atoms.